The maximum absolute atomic E-state index is 12.5. The molecule has 1 rings (SSSR count). The van der Waals surface area contributed by atoms with Crippen LogP contribution in [0.15, 0.2) is 0 Å². The fourth-order valence-corrected chi connectivity index (χ4v) is 1.39. The normalized spacial score (nSPS) is 36.7. The Morgan fingerprint density at radius 2 is 2.22 bits per heavy atom. The van der Waals surface area contributed by atoms with Crippen LogP contribution >= 0.6 is 0 Å². The summed E-state index contributed by atoms with van der Waals surface area (Å²) in [5.41, 5.74) is 0. The highest BCUT2D eigenvalue weighted by molar-refractivity contribution is 4.71. The van der Waals surface area contributed by atoms with Crippen LogP contribution in [0, 0.1) is 5.92 Å². The Morgan fingerprint density at radius 1 is 1.44 bits per heavy atom. The van der Waals surface area contributed by atoms with Crippen molar-refractivity contribution in [3.63, 3.8) is 0 Å². The van der Waals surface area contributed by atoms with Gasteiger partial charge in [0, 0.05) is 6.61 Å². The van der Waals surface area contributed by atoms with Crippen LogP contribution in [0.3, 0.4) is 0 Å². The average Bonchev–Trinajstić information content (AvgIpc) is 1.88. The van der Waals surface area contributed by atoms with Crippen LogP contribution in [0.5, 0.6) is 0 Å². The zero-order valence-corrected chi connectivity index (χ0v) is 5.52. The Morgan fingerprint density at radius 3 is 2.67 bits per heavy atom. The quantitative estimate of drug-likeness (QED) is 0.573. The van der Waals surface area contributed by atoms with Gasteiger partial charge in [-0.2, -0.15) is 0 Å². The van der Waals surface area contributed by atoms with Gasteiger partial charge < -0.3 is 5.11 Å². The van der Waals surface area contributed by atoms with Crippen molar-refractivity contribution in [2.45, 2.75) is 31.9 Å². The molecule has 0 aromatic carbocycles. The van der Waals surface area contributed by atoms with Crippen LogP contribution in [0.1, 0.15) is 25.7 Å². The van der Waals surface area contributed by atoms with E-state index in [1.165, 1.54) is 0 Å². The molecular formula is C7H13FO. The number of aliphatic hydroxyl groups is 1. The van der Waals surface area contributed by atoms with Crippen molar-refractivity contribution in [3.05, 3.63) is 0 Å². The van der Waals surface area contributed by atoms with Crippen LogP contribution in [-0.2, 0) is 0 Å². The summed E-state index contributed by atoms with van der Waals surface area (Å²) in [5.74, 6) is 0.244. The molecule has 1 aliphatic rings. The lowest BCUT2D eigenvalue weighted by Gasteiger charge is -2.21. The molecule has 1 saturated carbocycles. The Hall–Kier alpha value is -0.110. The summed E-state index contributed by atoms with van der Waals surface area (Å²) in [4.78, 5) is 0. The highest BCUT2D eigenvalue weighted by atomic mass is 19.1. The molecule has 1 aliphatic carbocycles. The van der Waals surface area contributed by atoms with Crippen molar-refractivity contribution >= 4 is 0 Å². The second-order valence-electron chi connectivity index (χ2n) is 2.81. The second kappa shape index (κ2) is 3.16. The SMILES string of the molecule is OC[C@@H]1CCC[C@@H](F)C1. The van der Waals surface area contributed by atoms with E-state index in [1.54, 1.807) is 0 Å². The third-order valence-corrected chi connectivity index (χ3v) is 1.98. The molecule has 0 unspecified atom stereocenters. The Labute approximate surface area is 54.9 Å². The summed E-state index contributed by atoms with van der Waals surface area (Å²) in [6, 6.07) is 0. The van der Waals surface area contributed by atoms with Crippen LogP contribution in [-0.4, -0.2) is 17.9 Å². The van der Waals surface area contributed by atoms with Crippen molar-refractivity contribution in [2.24, 2.45) is 5.92 Å². The first-order valence-corrected chi connectivity index (χ1v) is 3.58. The van der Waals surface area contributed by atoms with Crippen LogP contribution in [0.2, 0.25) is 0 Å². The third kappa shape index (κ3) is 1.94. The third-order valence-electron chi connectivity index (χ3n) is 1.98. The number of halogens is 1. The van der Waals surface area contributed by atoms with Crippen LogP contribution in [0.25, 0.3) is 0 Å². The van der Waals surface area contributed by atoms with E-state index in [9.17, 15) is 4.39 Å². The van der Waals surface area contributed by atoms with Gasteiger partial charge in [0.2, 0.25) is 0 Å². The minimum Gasteiger partial charge on any atom is -0.396 e. The zero-order chi connectivity index (χ0) is 6.69. The molecule has 1 N–H and O–H groups in total. The fourth-order valence-electron chi connectivity index (χ4n) is 1.39. The smallest absolute Gasteiger partial charge is 0.100 e. The summed E-state index contributed by atoms with van der Waals surface area (Å²) in [6.07, 6.45) is 2.60. The molecule has 0 aromatic rings. The Balaban J connectivity index is 2.23. The van der Waals surface area contributed by atoms with Gasteiger partial charge in [0.25, 0.3) is 0 Å². The van der Waals surface area contributed by atoms with Crippen molar-refractivity contribution in [1.82, 2.24) is 0 Å². The topological polar surface area (TPSA) is 20.2 Å². The number of rotatable bonds is 1. The molecule has 54 valence electrons. The number of hydrogen-bond acceptors (Lipinski definition) is 1. The molecule has 0 heterocycles. The standard InChI is InChI=1S/C7H13FO/c8-7-3-1-2-6(4-7)5-9/h6-7,9H,1-5H2/t6-,7-/m1/s1. The summed E-state index contributed by atoms with van der Waals surface area (Å²) in [5, 5.41) is 8.64. The first-order valence-electron chi connectivity index (χ1n) is 3.58. The Kier molecular flexibility index (Phi) is 2.46. The van der Waals surface area contributed by atoms with Crippen molar-refractivity contribution in [1.29, 1.82) is 0 Å². The summed E-state index contributed by atoms with van der Waals surface area (Å²) in [6.45, 7) is 0.167. The molecule has 0 spiro atoms. The number of hydrogen-bond donors (Lipinski definition) is 1. The summed E-state index contributed by atoms with van der Waals surface area (Å²) in [7, 11) is 0. The number of aliphatic hydroxyl groups excluding tert-OH is 1. The molecule has 0 saturated heterocycles. The van der Waals surface area contributed by atoms with Gasteiger partial charge in [-0.1, -0.05) is 6.42 Å². The van der Waals surface area contributed by atoms with E-state index in [1.807, 2.05) is 0 Å². The van der Waals surface area contributed by atoms with E-state index in [4.69, 9.17) is 5.11 Å². The molecule has 1 nitrogen and oxygen atoms in total. The van der Waals surface area contributed by atoms with Gasteiger partial charge in [0.15, 0.2) is 0 Å². The minimum absolute atomic E-state index is 0.167. The van der Waals surface area contributed by atoms with Gasteiger partial charge in [0.1, 0.15) is 6.17 Å². The van der Waals surface area contributed by atoms with E-state index in [-0.39, 0.29) is 12.5 Å². The first-order chi connectivity index (χ1) is 4.33. The van der Waals surface area contributed by atoms with E-state index in [0.717, 1.165) is 12.8 Å². The molecule has 9 heavy (non-hydrogen) atoms. The van der Waals surface area contributed by atoms with E-state index >= 15 is 0 Å². The van der Waals surface area contributed by atoms with E-state index in [0.29, 0.717) is 12.8 Å². The molecule has 0 radical (unpaired) electrons. The predicted octanol–water partition coefficient (Wildman–Crippen LogP) is 1.51. The van der Waals surface area contributed by atoms with Crippen molar-refractivity contribution in [3.8, 4) is 0 Å². The minimum atomic E-state index is -0.643. The lowest BCUT2D eigenvalue weighted by molar-refractivity contribution is 0.136. The molecule has 0 bridgehead atoms. The molecule has 0 aliphatic heterocycles. The average molecular weight is 132 g/mol. The van der Waals surface area contributed by atoms with Gasteiger partial charge in [-0.05, 0) is 25.2 Å². The van der Waals surface area contributed by atoms with Gasteiger partial charge in [-0.3, -0.25) is 0 Å². The van der Waals surface area contributed by atoms with Crippen LogP contribution < -0.4 is 0 Å². The largest absolute Gasteiger partial charge is 0.396 e. The molecular weight excluding hydrogens is 119 g/mol. The highest BCUT2D eigenvalue weighted by Gasteiger charge is 2.19. The lowest BCUT2D eigenvalue weighted by Crippen LogP contribution is -2.18. The van der Waals surface area contributed by atoms with Gasteiger partial charge in [-0.25, -0.2) is 4.39 Å². The lowest BCUT2D eigenvalue weighted by atomic mass is 9.89. The Bertz CT molecular complexity index is 85.0. The molecule has 2 heteroatoms. The highest BCUT2D eigenvalue weighted by Crippen LogP contribution is 2.25. The first kappa shape index (κ1) is 7.00. The maximum Gasteiger partial charge on any atom is 0.100 e. The van der Waals surface area contributed by atoms with E-state index < -0.39 is 6.17 Å². The van der Waals surface area contributed by atoms with Crippen molar-refractivity contribution < 1.29 is 9.50 Å². The second-order valence-corrected chi connectivity index (χ2v) is 2.81. The zero-order valence-electron chi connectivity index (χ0n) is 5.52. The van der Waals surface area contributed by atoms with Gasteiger partial charge >= 0.3 is 0 Å². The van der Waals surface area contributed by atoms with Crippen LogP contribution in [0.4, 0.5) is 4.39 Å². The van der Waals surface area contributed by atoms with Gasteiger partial charge in [-0.15, -0.1) is 0 Å². The van der Waals surface area contributed by atoms with Crippen molar-refractivity contribution in [2.75, 3.05) is 6.61 Å². The molecule has 0 aromatic heterocycles. The predicted molar refractivity (Wildman–Crippen MR) is 33.9 cm³/mol. The molecule has 0 amide bonds. The van der Waals surface area contributed by atoms with Gasteiger partial charge in [0.05, 0.1) is 0 Å². The summed E-state index contributed by atoms with van der Waals surface area (Å²) < 4.78 is 12.5. The maximum atomic E-state index is 12.5. The van der Waals surface area contributed by atoms with E-state index in [2.05, 4.69) is 0 Å². The monoisotopic (exact) mass is 132 g/mol. The fraction of sp³-hybridized carbons (Fsp3) is 1.00. The summed E-state index contributed by atoms with van der Waals surface area (Å²) >= 11 is 0. The molecule has 2 atom stereocenters. The number of alkyl halides is 1. The molecule has 1 fully saturated rings.